The molecule has 0 aromatic carbocycles. The summed E-state index contributed by atoms with van der Waals surface area (Å²) >= 11 is 0. The number of hydrogen-bond donors (Lipinski definition) is 0. The van der Waals surface area contributed by atoms with Gasteiger partial charge in [0.15, 0.2) is 0 Å². The van der Waals surface area contributed by atoms with Gasteiger partial charge in [-0.1, -0.05) is 5.11 Å². The molecular weight excluding hydrogens is 182 g/mol. The largest absolute Gasteiger partial charge is 0.299 e. The van der Waals surface area contributed by atoms with Crippen molar-refractivity contribution < 1.29 is 0 Å². The summed E-state index contributed by atoms with van der Waals surface area (Å²) in [6.45, 7) is 2.70. The molecule has 0 N–H and O–H groups in total. The van der Waals surface area contributed by atoms with Gasteiger partial charge in [-0.3, -0.25) is 9.36 Å². The molecule has 0 fully saturated rings. The van der Waals surface area contributed by atoms with Gasteiger partial charge in [-0.15, -0.1) is 0 Å². The zero-order valence-electron chi connectivity index (χ0n) is 7.92. The van der Waals surface area contributed by atoms with Gasteiger partial charge in [0, 0.05) is 29.8 Å². The van der Waals surface area contributed by atoms with Crippen LogP contribution in [0.4, 0.5) is 0 Å². The van der Waals surface area contributed by atoms with Gasteiger partial charge in [0.2, 0.25) is 0 Å². The molecule has 0 amide bonds. The van der Waals surface area contributed by atoms with E-state index in [0.717, 1.165) is 0 Å². The molecule has 0 saturated heterocycles. The van der Waals surface area contributed by atoms with Crippen molar-refractivity contribution in [2.75, 3.05) is 6.54 Å². The normalized spacial score (nSPS) is 9.50. The number of azide groups is 1. The van der Waals surface area contributed by atoms with Gasteiger partial charge >= 0.3 is 0 Å². The molecule has 0 aliphatic heterocycles. The topological polar surface area (TPSA) is 83.7 Å². The molecule has 0 aliphatic carbocycles. The van der Waals surface area contributed by atoms with E-state index in [1.807, 2.05) is 0 Å². The van der Waals surface area contributed by atoms with E-state index in [4.69, 9.17) is 5.53 Å². The Kier molecular flexibility index (Phi) is 3.69. The molecular formula is C8H11N5O. The lowest BCUT2D eigenvalue weighted by Gasteiger charge is -2.02. The first-order valence-corrected chi connectivity index (χ1v) is 4.28. The molecule has 1 heterocycles. The van der Waals surface area contributed by atoms with E-state index in [1.165, 1.54) is 17.0 Å². The maximum atomic E-state index is 11.3. The molecule has 1 aromatic rings. The van der Waals surface area contributed by atoms with E-state index in [-0.39, 0.29) is 5.56 Å². The third-order valence-corrected chi connectivity index (χ3v) is 1.74. The third kappa shape index (κ3) is 2.91. The Labute approximate surface area is 80.8 Å². The van der Waals surface area contributed by atoms with Crippen molar-refractivity contribution in [2.45, 2.75) is 19.9 Å². The SMILES string of the molecule is Cc1cc(=O)n(CCCN=[N+]=[N-])cn1. The molecule has 14 heavy (non-hydrogen) atoms. The molecule has 1 rings (SSSR count). The maximum absolute atomic E-state index is 11.3. The van der Waals surface area contributed by atoms with E-state index in [2.05, 4.69) is 15.0 Å². The minimum Gasteiger partial charge on any atom is -0.299 e. The molecule has 0 radical (unpaired) electrons. The number of aromatic nitrogens is 2. The van der Waals surface area contributed by atoms with Crippen LogP contribution in [-0.4, -0.2) is 16.1 Å². The van der Waals surface area contributed by atoms with Crippen molar-refractivity contribution in [1.29, 1.82) is 0 Å². The van der Waals surface area contributed by atoms with Crippen molar-refractivity contribution in [3.8, 4) is 0 Å². The average molecular weight is 193 g/mol. The van der Waals surface area contributed by atoms with Crippen molar-refractivity contribution in [3.63, 3.8) is 0 Å². The molecule has 1 aromatic heterocycles. The van der Waals surface area contributed by atoms with Crippen LogP contribution < -0.4 is 5.56 Å². The van der Waals surface area contributed by atoms with E-state index in [0.29, 0.717) is 25.2 Å². The highest BCUT2D eigenvalue weighted by molar-refractivity contribution is 4.95. The Morgan fingerprint density at radius 2 is 2.50 bits per heavy atom. The van der Waals surface area contributed by atoms with Crippen LogP contribution in [0.3, 0.4) is 0 Å². The van der Waals surface area contributed by atoms with Crippen LogP contribution in [0.15, 0.2) is 22.3 Å². The predicted molar refractivity (Wildman–Crippen MR) is 51.9 cm³/mol. The van der Waals surface area contributed by atoms with Gasteiger partial charge < -0.3 is 0 Å². The second kappa shape index (κ2) is 5.04. The summed E-state index contributed by atoms with van der Waals surface area (Å²) < 4.78 is 1.50. The van der Waals surface area contributed by atoms with Gasteiger partial charge in [-0.05, 0) is 18.9 Å². The third-order valence-electron chi connectivity index (χ3n) is 1.74. The van der Waals surface area contributed by atoms with Crippen LogP contribution in [0, 0.1) is 6.92 Å². The predicted octanol–water partition coefficient (Wildman–Crippen LogP) is 1.25. The van der Waals surface area contributed by atoms with E-state index in [1.54, 1.807) is 6.92 Å². The highest BCUT2D eigenvalue weighted by Gasteiger charge is 1.95. The fraction of sp³-hybridized carbons (Fsp3) is 0.500. The summed E-state index contributed by atoms with van der Waals surface area (Å²) in [7, 11) is 0. The summed E-state index contributed by atoms with van der Waals surface area (Å²) in [5.41, 5.74) is 8.67. The van der Waals surface area contributed by atoms with Crippen LogP contribution in [0.1, 0.15) is 12.1 Å². The Morgan fingerprint density at radius 3 is 3.14 bits per heavy atom. The summed E-state index contributed by atoms with van der Waals surface area (Å²) in [5.74, 6) is 0. The smallest absolute Gasteiger partial charge is 0.253 e. The number of aryl methyl sites for hydroxylation is 2. The standard InChI is InChI=1S/C8H11N5O/c1-7-5-8(14)13(6-10-7)4-2-3-11-12-9/h5-6H,2-4H2,1H3. The summed E-state index contributed by atoms with van der Waals surface area (Å²) in [6, 6.07) is 1.48. The first kappa shape index (κ1) is 10.3. The number of rotatable bonds is 4. The highest BCUT2D eigenvalue weighted by atomic mass is 16.1. The van der Waals surface area contributed by atoms with Crippen LogP contribution in [0.25, 0.3) is 10.4 Å². The maximum Gasteiger partial charge on any atom is 0.253 e. The zero-order valence-corrected chi connectivity index (χ0v) is 7.92. The second-order valence-electron chi connectivity index (χ2n) is 2.87. The van der Waals surface area contributed by atoms with Gasteiger partial charge in [-0.2, -0.15) is 0 Å². The Bertz CT molecular complexity index is 404. The average Bonchev–Trinajstić information content (AvgIpc) is 2.15. The lowest BCUT2D eigenvalue weighted by atomic mass is 10.4. The van der Waals surface area contributed by atoms with Gasteiger partial charge in [0.05, 0.1) is 6.33 Å². The fourth-order valence-corrected chi connectivity index (χ4v) is 1.04. The Morgan fingerprint density at radius 1 is 1.71 bits per heavy atom. The van der Waals surface area contributed by atoms with Gasteiger partial charge in [0.1, 0.15) is 0 Å². The molecule has 74 valence electrons. The quantitative estimate of drug-likeness (QED) is 0.312. The minimum absolute atomic E-state index is 0.0709. The van der Waals surface area contributed by atoms with E-state index in [9.17, 15) is 4.79 Å². The van der Waals surface area contributed by atoms with Crippen molar-refractivity contribution in [2.24, 2.45) is 5.11 Å². The lowest BCUT2D eigenvalue weighted by Crippen LogP contribution is -2.20. The van der Waals surface area contributed by atoms with Crippen molar-refractivity contribution in [1.82, 2.24) is 9.55 Å². The van der Waals surface area contributed by atoms with Crippen molar-refractivity contribution >= 4 is 0 Å². The first-order chi connectivity index (χ1) is 6.74. The Hall–Kier alpha value is -1.81. The number of hydrogen-bond acceptors (Lipinski definition) is 3. The number of nitrogens with zero attached hydrogens (tertiary/aromatic N) is 5. The first-order valence-electron chi connectivity index (χ1n) is 4.28. The van der Waals surface area contributed by atoms with Crippen LogP contribution in [0.2, 0.25) is 0 Å². The molecule has 0 unspecified atom stereocenters. The summed E-state index contributed by atoms with van der Waals surface area (Å²) in [5, 5.41) is 3.38. The fourth-order valence-electron chi connectivity index (χ4n) is 1.04. The van der Waals surface area contributed by atoms with E-state index >= 15 is 0 Å². The van der Waals surface area contributed by atoms with Crippen LogP contribution >= 0.6 is 0 Å². The molecule has 0 atom stereocenters. The molecule has 0 saturated carbocycles. The second-order valence-corrected chi connectivity index (χ2v) is 2.87. The summed E-state index contributed by atoms with van der Waals surface area (Å²) in [4.78, 5) is 17.9. The molecule has 0 bridgehead atoms. The highest BCUT2D eigenvalue weighted by Crippen LogP contribution is 1.89. The molecule has 6 nitrogen and oxygen atoms in total. The molecule has 6 heteroatoms. The minimum atomic E-state index is -0.0709. The van der Waals surface area contributed by atoms with Crippen LogP contribution in [-0.2, 0) is 6.54 Å². The Balaban J connectivity index is 2.59. The molecule has 0 aliphatic rings. The van der Waals surface area contributed by atoms with Crippen molar-refractivity contribution in [3.05, 3.63) is 38.9 Å². The van der Waals surface area contributed by atoms with Gasteiger partial charge in [0.25, 0.3) is 5.56 Å². The van der Waals surface area contributed by atoms with Crippen LogP contribution in [0.5, 0.6) is 0 Å². The molecule has 0 spiro atoms. The lowest BCUT2D eigenvalue weighted by molar-refractivity contribution is 0.615. The monoisotopic (exact) mass is 193 g/mol. The van der Waals surface area contributed by atoms with E-state index < -0.39 is 0 Å². The summed E-state index contributed by atoms with van der Waals surface area (Å²) in [6.07, 6.45) is 2.16. The zero-order chi connectivity index (χ0) is 10.4. The van der Waals surface area contributed by atoms with Gasteiger partial charge in [-0.25, -0.2) is 4.98 Å².